The minimum absolute atomic E-state index is 0.0285. The molecule has 0 aromatic carbocycles. The van der Waals surface area contributed by atoms with Crippen LogP contribution in [0.25, 0.3) is 11.4 Å². The van der Waals surface area contributed by atoms with Gasteiger partial charge in [0.2, 0.25) is 5.91 Å². The molecular formula is C21H27N5O4. The summed E-state index contributed by atoms with van der Waals surface area (Å²) >= 11 is 0. The molecule has 1 fully saturated rings. The van der Waals surface area contributed by atoms with E-state index < -0.39 is 0 Å². The summed E-state index contributed by atoms with van der Waals surface area (Å²) in [6, 6.07) is 3.57. The Morgan fingerprint density at radius 3 is 2.50 bits per heavy atom. The van der Waals surface area contributed by atoms with E-state index in [-0.39, 0.29) is 29.9 Å². The maximum absolute atomic E-state index is 12.7. The van der Waals surface area contributed by atoms with Gasteiger partial charge in [0.15, 0.2) is 0 Å². The molecule has 3 rings (SSSR count). The molecule has 0 spiro atoms. The van der Waals surface area contributed by atoms with Crippen LogP contribution in [-0.2, 0) is 16.0 Å². The fraction of sp³-hybridized carbons (Fsp3) is 0.476. The second kappa shape index (κ2) is 9.51. The third-order valence-electron chi connectivity index (χ3n) is 4.92. The van der Waals surface area contributed by atoms with Crippen molar-refractivity contribution in [1.82, 2.24) is 24.8 Å². The number of hydrogen-bond donors (Lipinski definition) is 1. The first kappa shape index (κ1) is 21.5. The molecule has 0 radical (unpaired) electrons. The summed E-state index contributed by atoms with van der Waals surface area (Å²) in [5.41, 5.74) is 1.25. The number of piperazine rings is 1. The molecule has 1 saturated heterocycles. The van der Waals surface area contributed by atoms with Crippen molar-refractivity contribution in [2.75, 3.05) is 32.8 Å². The summed E-state index contributed by atoms with van der Waals surface area (Å²) in [6.45, 7) is 7.70. The largest absolute Gasteiger partial charge is 0.449 e. The van der Waals surface area contributed by atoms with Gasteiger partial charge in [-0.15, -0.1) is 0 Å². The Hall–Kier alpha value is -3.23. The number of nitrogens with zero attached hydrogens (tertiary/aromatic N) is 4. The van der Waals surface area contributed by atoms with Crippen LogP contribution < -0.4 is 5.56 Å². The van der Waals surface area contributed by atoms with Gasteiger partial charge in [-0.1, -0.05) is 13.8 Å². The number of pyridine rings is 1. The van der Waals surface area contributed by atoms with Crippen molar-refractivity contribution in [1.29, 1.82) is 0 Å². The van der Waals surface area contributed by atoms with E-state index in [1.807, 2.05) is 13.8 Å². The monoisotopic (exact) mass is 413 g/mol. The average molecular weight is 413 g/mol. The third kappa shape index (κ3) is 5.22. The van der Waals surface area contributed by atoms with Gasteiger partial charge < -0.3 is 19.5 Å². The summed E-state index contributed by atoms with van der Waals surface area (Å²) in [6.07, 6.45) is 2.89. The van der Waals surface area contributed by atoms with Crippen LogP contribution in [-0.4, -0.2) is 69.5 Å². The number of carbonyl (C=O) groups excluding carboxylic acids is 2. The van der Waals surface area contributed by atoms with Crippen LogP contribution in [0.1, 0.15) is 25.1 Å². The highest BCUT2D eigenvalue weighted by Crippen LogP contribution is 2.14. The van der Waals surface area contributed by atoms with Gasteiger partial charge in [0, 0.05) is 55.4 Å². The van der Waals surface area contributed by atoms with Crippen molar-refractivity contribution in [3.05, 3.63) is 46.1 Å². The Morgan fingerprint density at radius 2 is 1.90 bits per heavy atom. The van der Waals surface area contributed by atoms with E-state index in [1.165, 1.54) is 0 Å². The lowest BCUT2D eigenvalue weighted by atomic mass is 10.1. The first-order valence-corrected chi connectivity index (χ1v) is 10.0. The molecule has 1 aliphatic rings. The minimum Gasteiger partial charge on any atom is -0.449 e. The van der Waals surface area contributed by atoms with E-state index in [2.05, 4.69) is 15.0 Å². The Kier molecular flexibility index (Phi) is 6.81. The third-order valence-corrected chi connectivity index (χ3v) is 4.92. The Bertz CT molecular complexity index is 950. The van der Waals surface area contributed by atoms with Crippen molar-refractivity contribution < 1.29 is 14.3 Å². The highest BCUT2D eigenvalue weighted by Gasteiger charge is 2.26. The van der Waals surface area contributed by atoms with Crippen molar-refractivity contribution >= 4 is 12.0 Å². The molecule has 9 nitrogen and oxygen atoms in total. The minimum atomic E-state index is -0.349. The van der Waals surface area contributed by atoms with Crippen LogP contribution >= 0.6 is 0 Å². The number of carbonyl (C=O) groups is 2. The van der Waals surface area contributed by atoms with E-state index in [9.17, 15) is 14.4 Å². The smallest absolute Gasteiger partial charge is 0.409 e. The molecule has 0 saturated carbocycles. The van der Waals surface area contributed by atoms with Gasteiger partial charge in [-0.25, -0.2) is 9.78 Å². The number of H-pyrrole nitrogens is 1. The molecule has 9 heteroatoms. The molecule has 0 aliphatic carbocycles. The molecule has 0 unspecified atom stereocenters. The topological polar surface area (TPSA) is 108 Å². The summed E-state index contributed by atoms with van der Waals surface area (Å²) in [7, 11) is 0. The standard InChI is InChI=1S/C21H27N5O4/c1-14(2)13-30-21(29)26-9-7-25(8-10-26)18(27)11-17-15(3)23-19(24-20(17)28)16-5-4-6-22-12-16/h4-6,12,14H,7-11,13H2,1-3H3,(H,23,24,28). The van der Waals surface area contributed by atoms with Gasteiger partial charge in [0.1, 0.15) is 5.82 Å². The molecule has 0 bridgehead atoms. The number of amides is 2. The second-order valence-corrected chi connectivity index (χ2v) is 7.74. The van der Waals surface area contributed by atoms with E-state index in [0.717, 1.165) is 0 Å². The summed E-state index contributed by atoms with van der Waals surface area (Å²) < 4.78 is 5.24. The molecule has 2 aromatic heterocycles. The number of nitrogens with one attached hydrogen (secondary N) is 1. The lowest BCUT2D eigenvalue weighted by molar-refractivity contribution is -0.132. The van der Waals surface area contributed by atoms with Crippen LogP contribution in [0.5, 0.6) is 0 Å². The van der Waals surface area contributed by atoms with Gasteiger partial charge in [0.05, 0.1) is 13.0 Å². The van der Waals surface area contributed by atoms with E-state index >= 15 is 0 Å². The molecule has 1 aliphatic heterocycles. The first-order valence-electron chi connectivity index (χ1n) is 10.0. The summed E-state index contributed by atoms with van der Waals surface area (Å²) in [5, 5.41) is 0. The highest BCUT2D eigenvalue weighted by atomic mass is 16.6. The normalized spacial score (nSPS) is 14.1. The maximum Gasteiger partial charge on any atom is 0.409 e. The fourth-order valence-corrected chi connectivity index (χ4v) is 3.19. The van der Waals surface area contributed by atoms with E-state index in [4.69, 9.17) is 4.74 Å². The Morgan fingerprint density at radius 1 is 1.20 bits per heavy atom. The van der Waals surface area contributed by atoms with Crippen molar-refractivity contribution in [3.8, 4) is 11.4 Å². The van der Waals surface area contributed by atoms with Gasteiger partial charge in [0.25, 0.3) is 5.56 Å². The second-order valence-electron chi connectivity index (χ2n) is 7.74. The molecule has 2 amide bonds. The molecule has 3 heterocycles. The summed E-state index contributed by atoms with van der Waals surface area (Å²) in [5.74, 6) is 0.543. The number of ether oxygens (including phenoxy) is 1. The maximum atomic E-state index is 12.7. The molecule has 1 N–H and O–H groups in total. The predicted octanol–water partition coefficient (Wildman–Crippen LogP) is 1.62. The van der Waals surface area contributed by atoms with Gasteiger partial charge in [-0.05, 0) is 25.0 Å². The van der Waals surface area contributed by atoms with E-state index in [1.54, 1.807) is 41.2 Å². The average Bonchev–Trinajstić information content (AvgIpc) is 2.75. The van der Waals surface area contributed by atoms with Crippen LogP contribution in [0.4, 0.5) is 4.79 Å². The SMILES string of the molecule is Cc1nc(-c2cccnc2)[nH]c(=O)c1CC(=O)N1CCN(C(=O)OCC(C)C)CC1. The zero-order valence-electron chi connectivity index (χ0n) is 17.6. The molecule has 160 valence electrons. The highest BCUT2D eigenvalue weighted by molar-refractivity contribution is 5.79. The molecule has 30 heavy (non-hydrogen) atoms. The quantitative estimate of drug-likeness (QED) is 0.798. The van der Waals surface area contributed by atoms with Crippen molar-refractivity contribution in [3.63, 3.8) is 0 Å². The van der Waals surface area contributed by atoms with Crippen LogP contribution in [0.15, 0.2) is 29.3 Å². The lowest BCUT2D eigenvalue weighted by Crippen LogP contribution is -2.51. The van der Waals surface area contributed by atoms with Crippen LogP contribution in [0.3, 0.4) is 0 Å². The van der Waals surface area contributed by atoms with Crippen LogP contribution in [0.2, 0.25) is 0 Å². The zero-order valence-corrected chi connectivity index (χ0v) is 17.6. The Balaban J connectivity index is 1.60. The Labute approximate surface area is 175 Å². The number of aromatic amines is 1. The van der Waals surface area contributed by atoms with Gasteiger partial charge in [-0.3, -0.25) is 14.6 Å². The molecule has 2 aromatic rings. The van der Waals surface area contributed by atoms with Crippen LogP contribution in [0, 0.1) is 12.8 Å². The number of aromatic nitrogens is 3. The van der Waals surface area contributed by atoms with Crippen molar-refractivity contribution in [2.24, 2.45) is 5.92 Å². The summed E-state index contributed by atoms with van der Waals surface area (Å²) in [4.78, 5) is 51.8. The zero-order chi connectivity index (χ0) is 21.7. The van der Waals surface area contributed by atoms with Gasteiger partial charge in [-0.2, -0.15) is 0 Å². The number of aryl methyl sites for hydroxylation is 1. The predicted molar refractivity (Wildman–Crippen MR) is 111 cm³/mol. The molecular weight excluding hydrogens is 386 g/mol. The number of rotatable bonds is 5. The lowest BCUT2D eigenvalue weighted by Gasteiger charge is -2.34. The fourth-order valence-electron chi connectivity index (χ4n) is 3.19. The number of hydrogen-bond acceptors (Lipinski definition) is 6. The molecule has 0 atom stereocenters. The van der Waals surface area contributed by atoms with E-state index in [0.29, 0.717) is 55.4 Å². The first-order chi connectivity index (χ1) is 14.3. The van der Waals surface area contributed by atoms with Gasteiger partial charge >= 0.3 is 6.09 Å². The van der Waals surface area contributed by atoms with Crippen molar-refractivity contribution in [2.45, 2.75) is 27.2 Å².